The summed E-state index contributed by atoms with van der Waals surface area (Å²) in [6.07, 6.45) is 0. The van der Waals surface area contributed by atoms with Gasteiger partial charge in [0.25, 0.3) is 0 Å². The lowest BCUT2D eigenvalue weighted by Crippen LogP contribution is -2.26. The molecule has 0 amide bonds. The van der Waals surface area contributed by atoms with Crippen LogP contribution in [0, 0.1) is 5.41 Å². The van der Waals surface area contributed by atoms with Crippen molar-refractivity contribution in [3.8, 4) is 0 Å². The zero-order valence-corrected chi connectivity index (χ0v) is 7.50. The van der Waals surface area contributed by atoms with Gasteiger partial charge < -0.3 is 0 Å². The van der Waals surface area contributed by atoms with Gasteiger partial charge in [0.05, 0.1) is 0 Å². The van der Waals surface area contributed by atoms with Crippen molar-refractivity contribution in [3.05, 3.63) is 0 Å². The molecule has 0 spiro atoms. The van der Waals surface area contributed by atoms with Gasteiger partial charge in [-0.25, -0.2) is 0 Å². The maximum absolute atomic E-state index is 8.05. The van der Waals surface area contributed by atoms with Gasteiger partial charge in [0, 0.05) is 19.0 Å². The molecule has 0 aliphatic heterocycles. The summed E-state index contributed by atoms with van der Waals surface area (Å²) < 4.78 is 60.9. The second-order valence-electron chi connectivity index (χ2n) is 3.50. The van der Waals surface area contributed by atoms with Crippen LogP contribution in [0.1, 0.15) is 31.7 Å². The maximum Gasteiger partial charge on any atom is 0.0447 e. The average molecular weight is 152 g/mol. The van der Waals surface area contributed by atoms with Gasteiger partial charge in [0.15, 0.2) is 0 Å². The van der Waals surface area contributed by atoms with Crippen LogP contribution in [0.3, 0.4) is 0 Å². The normalized spacial score (nSPS) is 31.6. The van der Waals surface area contributed by atoms with E-state index < -0.39 is 32.4 Å². The Labute approximate surface area is 71.9 Å². The van der Waals surface area contributed by atoms with Crippen molar-refractivity contribution in [1.29, 1.82) is 0 Å². The molecule has 0 fully saturated rings. The van der Waals surface area contributed by atoms with E-state index in [0.717, 1.165) is 6.55 Å². The van der Waals surface area contributed by atoms with Gasteiger partial charge in [-0.05, 0) is 5.41 Å². The van der Waals surface area contributed by atoms with E-state index in [1.165, 1.54) is 20.8 Å². The number of hydrogen-bond donors (Lipinski definition) is 0. The van der Waals surface area contributed by atoms with Crippen LogP contribution in [0.5, 0.6) is 0 Å². The Morgan fingerprint density at radius 3 is 2.00 bits per heavy atom. The van der Waals surface area contributed by atoms with Crippen LogP contribution in [0.4, 0.5) is 0 Å². The smallest absolute Gasteiger partial charge is 0.0447 e. The lowest BCUT2D eigenvalue weighted by molar-refractivity contribution is 0.461. The van der Waals surface area contributed by atoms with Crippen molar-refractivity contribution < 1.29 is 11.0 Å². The Bertz CT molecular complexity index is 267. The third kappa shape index (κ3) is 8.22. The van der Waals surface area contributed by atoms with Crippen molar-refractivity contribution >= 4 is 8.07 Å². The molecule has 0 nitrogen and oxygen atoms in total. The van der Waals surface area contributed by atoms with Gasteiger partial charge in [-0.15, -0.1) is 0 Å². The average Bonchev–Trinajstić information content (AvgIpc) is 1.95. The molecule has 0 radical (unpaired) electrons. The quantitative estimate of drug-likeness (QED) is 0.505. The predicted octanol–water partition coefficient (Wildman–Crippen LogP) is 3.37. The first-order chi connectivity index (χ1) is 7.00. The SMILES string of the molecule is [2H]C([2H])([2H])[Si](C)(C([2H])([2H])[2H])C([2H])([2H])C(C)(C)C. The standard InChI is InChI=1S/C8H20Si/c1-8(2,3)7-9(4,5)6/h7H2,1-6H3/i4D3,5D3,7D2. The highest BCUT2D eigenvalue weighted by atomic mass is 28.3. The van der Waals surface area contributed by atoms with Crippen molar-refractivity contribution in [2.75, 3.05) is 0 Å². The lowest BCUT2D eigenvalue weighted by atomic mass is 10.0. The fourth-order valence-electron chi connectivity index (χ4n) is 0.750. The van der Waals surface area contributed by atoms with E-state index in [1.54, 1.807) is 0 Å². The van der Waals surface area contributed by atoms with E-state index in [9.17, 15) is 0 Å². The number of hydrogen-bond acceptors (Lipinski definition) is 0. The summed E-state index contributed by atoms with van der Waals surface area (Å²) in [5.74, 6) is -2.23. The minimum Gasteiger partial charge on any atom is -0.0695 e. The molecule has 0 saturated heterocycles. The van der Waals surface area contributed by atoms with E-state index in [0.29, 0.717) is 0 Å². The molecule has 0 bridgehead atoms. The molecule has 0 aromatic rings. The van der Waals surface area contributed by atoms with Gasteiger partial charge in [0.1, 0.15) is 0 Å². The molecule has 0 aromatic carbocycles. The highest BCUT2D eigenvalue weighted by Crippen LogP contribution is 2.26. The molecule has 0 aliphatic rings. The molecule has 0 rings (SSSR count). The van der Waals surface area contributed by atoms with Gasteiger partial charge in [-0.2, -0.15) is 0 Å². The zero-order valence-electron chi connectivity index (χ0n) is 14.5. The molecule has 0 aromatic heterocycles. The van der Waals surface area contributed by atoms with Crippen molar-refractivity contribution in [2.24, 2.45) is 5.41 Å². The fourth-order valence-corrected chi connectivity index (χ4v) is 2.25. The maximum atomic E-state index is 8.05. The summed E-state index contributed by atoms with van der Waals surface area (Å²) in [4.78, 5) is 0. The predicted molar refractivity (Wildman–Crippen MR) is 47.6 cm³/mol. The minimum absolute atomic E-state index is 1.03. The summed E-state index contributed by atoms with van der Waals surface area (Å²) in [6, 6.07) is 0. The molecule has 0 aliphatic carbocycles. The van der Waals surface area contributed by atoms with E-state index in [1.807, 2.05) is 0 Å². The first kappa shape index (κ1) is 2.37. The van der Waals surface area contributed by atoms with Gasteiger partial charge in [-0.3, -0.25) is 0 Å². The van der Waals surface area contributed by atoms with Crippen LogP contribution in [-0.4, -0.2) is 8.07 Å². The van der Waals surface area contributed by atoms with E-state index in [-0.39, 0.29) is 0 Å². The highest BCUT2D eigenvalue weighted by Gasteiger charge is 2.21. The Kier molecular flexibility index (Phi) is 0.644. The third-order valence-corrected chi connectivity index (χ3v) is 1.88. The molecular weight excluding hydrogens is 124 g/mol. The molecule has 0 atom stereocenters. The van der Waals surface area contributed by atoms with E-state index in [2.05, 4.69) is 0 Å². The number of rotatable bonds is 1. The second-order valence-corrected chi connectivity index (χ2v) is 6.00. The van der Waals surface area contributed by atoms with Crippen LogP contribution in [0.2, 0.25) is 25.5 Å². The molecule has 0 heterocycles. The fraction of sp³-hybridized carbons (Fsp3) is 1.00. The van der Waals surface area contributed by atoms with Crippen LogP contribution >= 0.6 is 0 Å². The summed E-state index contributed by atoms with van der Waals surface area (Å²) in [7, 11) is -4.18. The summed E-state index contributed by atoms with van der Waals surface area (Å²) in [6.45, 7) is 0.198. The van der Waals surface area contributed by atoms with Crippen molar-refractivity contribution in [3.63, 3.8) is 0 Å². The molecule has 0 unspecified atom stereocenters. The third-order valence-electron chi connectivity index (χ3n) is 0.625. The second kappa shape index (κ2) is 2.45. The topological polar surface area (TPSA) is 0 Å². The van der Waals surface area contributed by atoms with E-state index >= 15 is 0 Å². The van der Waals surface area contributed by atoms with Gasteiger partial charge in [0.2, 0.25) is 0 Å². The summed E-state index contributed by atoms with van der Waals surface area (Å²) >= 11 is 0. The molecule has 1 heteroatoms. The summed E-state index contributed by atoms with van der Waals surface area (Å²) in [5, 5.41) is 0. The van der Waals surface area contributed by atoms with Crippen LogP contribution in [-0.2, 0) is 0 Å². The lowest BCUT2D eigenvalue weighted by Gasteiger charge is -2.26. The van der Waals surface area contributed by atoms with Crippen molar-refractivity contribution in [1.82, 2.24) is 0 Å². The molecular formula is C8H20Si. The molecule has 56 valence electrons. The van der Waals surface area contributed by atoms with Crippen LogP contribution < -0.4 is 0 Å². The minimum atomic E-state index is -4.18. The van der Waals surface area contributed by atoms with Gasteiger partial charge >= 0.3 is 0 Å². The van der Waals surface area contributed by atoms with Crippen molar-refractivity contribution in [2.45, 2.75) is 46.3 Å². The zero-order chi connectivity index (χ0) is 14.5. The molecule has 0 saturated carbocycles. The molecule has 0 N–H and O–H groups in total. The first-order valence-corrected chi connectivity index (χ1v) is 5.50. The summed E-state index contributed by atoms with van der Waals surface area (Å²) in [5.41, 5.74) is -1.03. The van der Waals surface area contributed by atoms with Crippen LogP contribution in [0.25, 0.3) is 0 Å². The van der Waals surface area contributed by atoms with E-state index in [4.69, 9.17) is 11.0 Å². The first-order valence-electron chi connectivity index (χ1n) is 7.00. The largest absolute Gasteiger partial charge is 0.0695 e. The Balaban J connectivity index is 6.04. The monoisotopic (exact) mass is 152 g/mol. The Morgan fingerprint density at radius 2 is 1.89 bits per heavy atom. The van der Waals surface area contributed by atoms with Gasteiger partial charge in [-0.1, -0.05) is 46.3 Å². The Hall–Kier alpha value is 0.217. The Morgan fingerprint density at radius 1 is 1.44 bits per heavy atom. The molecule has 9 heavy (non-hydrogen) atoms. The highest BCUT2D eigenvalue weighted by molar-refractivity contribution is 6.76. The van der Waals surface area contributed by atoms with Crippen LogP contribution in [0.15, 0.2) is 0 Å².